The van der Waals surface area contributed by atoms with E-state index in [1.807, 2.05) is 12.1 Å². The number of aromatic nitrogens is 2. The maximum absolute atomic E-state index is 12.0. The molecular weight excluding hydrogens is 342 g/mol. The van der Waals surface area contributed by atoms with Crippen LogP contribution in [-0.2, 0) is 26.9 Å². The van der Waals surface area contributed by atoms with Crippen molar-refractivity contribution in [2.75, 3.05) is 26.7 Å². The lowest BCUT2D eigenvalue weighted by atomic mass is 10.1. The molecule has 0 saturated carbocycles. The fourth-order valence-electron chi connectivity index (χ4n) is 3.23. The summed E-state index contributed by atoms with van der Waals surface area (Å²) in [5.41, 5.74) is 1.63. The molecule has 6 nitrogen and oxygen atoms in total. The molecule has 27 heavy (non-hydrogen) atoms. The predicted octanol–water partition coefficient (Wildman–Crippen LogP) is 1.98. The molecule has 2 rings (SSSR count). The average molecular weight is 373 g/mol. The Balaban J connectivity index is 1.80. The first-order valence-electron chi connectivity index (χ1n) is 9.57. The van der Waals surface area contributed by atoms with E-state index in [2.05, 4.69) is 24.0 Å². The number of ether oxygens (including phenoxy) is 1. The van der Waals surface area contributed by atoms with Gasteiger partial charge < -0.3 is 14.2 Å². The van der Waals surface area contributed by atoms with Crippen LogP contribution in [0.15, 0.2) is 39.9 Å². The molecule has 0 spiro atoms. The fourth-order valence-corrected chi connectivity index (χ4v) is 3.23. The molecule has 0 radical (unpaired) electrons. The summed E-state index contributed by atoms with van der Waals surface area (Å²) < 4.78 is 7.90. The molecule has 0 amide bonds. The largest absolute Gasteiger partial charge is 0.497 e. The topological polar surface area (TPSA) is 56.5 Å². The zero-order valence-corrected chi connectivity index (χ0v) is 16.9. The summed E-state index contributed by atoms with van der Waals surface area (Å²) in [7, 11) is 4.92. The van der Waals surface area contributed by atoms with Gasteiger partial charge >= 0.3 is 5.69 Å². The number of aryl methyl sites for hydroxylation is 2. The summed E-state index contributed by atoms with van der Waals surface area (Å²) in [5, 5.41) is 0. The van der Waals surface area contributed by atoms with Gasteiger partial charge in [-0.25, -0.2) is 4.79 Å². The zero-order chi connectivity index (χ0) is 19.8. The van der Waals surface area contributed by atoms with Crippen molar-refractivity contribution in [3.05, 3.63) is 62.4 Å². The van der Waals surface area contributed by atoms with E-state index in [-0.39, 0.29) is 11.2 Å². The van der Waals surface area contributed by atoms with Crippen molar-refractivity contribution in [2.45, 2.75) is 32.6 Å². The van der Waals surface area contributed by atoms with Gasteiger partial charge in [0.1, 0.15) is 5.75 Å². The monoisotopic (exact) mass is 373 g/mol. The van der Waals surface area contributed by atoms with E-state index in [0.29, 0.717) is 0 Å². The summed E-state index contributed by atoms with van der Waals surface area (Å²) in [5.74, 6) is 0.888. The number of rotatable bonds is 10. The first-order valence-corrected chi connectivity index (χ1v) is 9.57. The molecule has 0 atom stereocenters. The second-order valence-corrected chi connectivity index (χ2v) is 6.86. The molecule has 1 heterocycles. The highest BCUT2D eigenvalue weighted by atomic mass is 16.5. The molecule has 2 aromatic rings. The Morgan fingerprint density at radius 3 is 2.19 bits per heavy atom. The van der Waals surface area contributed by atoms with Gasteiger partial charge in [-0.1, -0.05) is 19.1 Å². The van der Waals surface area contributed by atoms with E-state index in [4.69, 9.17) is 4.74 Å². The Hall–Kier alpha value is -2.34. The van der Waals surface area contributed by atoms with Crippen LogP contribution in [0.5, 0.6) is 5.75 Å². The van der Waals surface area contributed by atoms with Crippen LogP contribution in [0, 0.1) is 0 Å². The number of nitrogens with zero attached hydrogens (tertiary/aromatic N) is 3. The summed E-state index contributed by atoms with van der Waals surface area (Å²) in [6.45, 7) is 5.17. The van der Waals surface area contributed by atoms with Crippen LogP contribution in [0.1, 0.15) is 31.0 Å². The summed E-state index contributed by atoms with van der Waals surface area (Å²) >= 11 is 0. The van der Waals surface area contributed by atoms with Gasteiger partial charge in [0.15, 0.2) is 0 Å². The van der Waals surface area contributed by atoms with Crippen LogP contribution in [0.4, 0.5) is 0 Å². The SMILES string of the molecule is CCN(CCCc1ccc(OC)cc1)CCCc1cc(=O)n(C)c(=O)n1C. The first-order chi connectivity index (χ1) is 13.0. The van der Waals surface area contributed by atoms with Gasteiger partial charge in [0, 0.05) is 25.9 Å². The molecule has 0 aliphatic carbocycles. The van der Waals surface area contributed by atoms with Gasteiger partial charge in [0.2, 0.25) is 0 Å². The van der Waals surface area contributed by atoms with Gasteiger partial charge in [0.05, 0.1) is 7.11 Å². The van der Waals surface area contributed by atoms with Crippen LogP contribution in [0.25, 0.3) is 0 Å². The lowest BCUT2D eigenvalue weighted by molar-refractivity contribution is 0.280. The molecule has 0 aliphatic heterocycles. The molecule has 0 N–H and O–H groups in total. The minimum atomic E-state index is -0.260. The second kappa shape index (κ2) is 10.1. The Labute approximate surface area is 161 Å². The Bertz CT molecular complexity index is 837. The number of hydrogen-bond acceptors (Lipinski definition) is 4. The molecule has 1 aromatic heterocycles. The van der Waals surface area contributed by atoms with Crippen molar-refractivity contribution in [1.82, 2.24) is 14.0 Å². The Morgan fingerprint density at radius 2 is 1.59 bits per heavy atom. The van der Waals surface area contributed by atoms with Crippen LogP contribution >= 0.6 is 0 Å². The van der Waals surface area contributed by atoms with Crippen molar-refractivity contribution < 1.29 is 4.74 Å². The van der Waals surface area contributed by atoms with Crippen molar-refractivity contribution in [3.63, 3.8) is 0 Å². The Morgan fingerprint density at radius 1 is 0.963 bits per heavy atom. The normalized spacial score (nSPS) is 11.1. The minimum absolute atomic E-state index is 0.236. The van der Waals surface area contributed by atoms with E-state index in [0.717, 1.165) is 61.3 Å². The second-order valence-electron chi connectivity index (χ2n) is 6.86. The zero-order valence-electron chi connectivity index (χ0n) is 16.9. The minimum Gasteiger partial charge on any atom is -0.497 e. The highest BCUT2D eigenvalue weighted by molar-refractivity contribution is 5.27. The van der Waals surface area contributed by atoms with Crippen LogP contribution < -0.4 is 16.0 Å². The van der Waals surface area contributed by atoms with Gasteiger partial charge in [-0.05, 0) is 63.0 Å². The molecule has 0 unspecified atom stereocenters. The number of methoxy groups -OCH3 is 1. The van der Waals surface area contributed by atoms with Crippen molar-refractivity contribution in [1.29, 1.82) is 0 Å². The molecule has 0 bridgehead atoms. The third-order valence-corrected chi connectivity index (χ3v) is 5.08. The molecule has 0 aliphatic rings. The smallest absolute Gasteiger partial charge is 0.330 e. The van der Waals surface area contributed by atoms with Gasteiger partial charge in [-0.2, -0.15) is 0 Å². The Kier molecular flexibility index (Phi) is 7.85. The van der Waals surface area contributed by atoms with Gasteiger partial charge in [-0.3, -0.25) is 9.36 Å². The molecular formula is C21H31N3O3. The van der Waals surface area contributed by atoms with Gasteiger partial charge in [0.25, 0.3) is 5.56 Å². The predicted molar refractivity (Wildman–Crippen MR) is 109 cm³/mol. The van der Waals surface area contributed by atoms with E-state index >= 15 is 0 Å². The van der Waals surface area contributed by atoms with Crippen molar-refractivity contribution in [3.8, 4) is 5.75 Å². The molecule has 0 fully saturated rings. The highest BCUT2D eigenvalue weighted by Gasteiger charge is 2.07. The summed E-state index contributed by atoms with van der Waals surface area (Å²) in [6, 6.07) is 9.81. The third-order valence-electron chi connectivity index (χ3n) is 5.08. The van der Waals surface area contributed by atoms with Crippen LogP contribution in [-0.4, -0.2) is 40.8 Å². The summed E-state index contributed by atoms with van der Waals surface area (Å²) in [6.07, 6.45) is 3.81. The number of hydrogen-bond donors (Lipinski definition) is 0. The molecule has 148 valence electrons. The van der Waals surface area contributed by atoms with Crippen molar-refractivity contribution in [2.24, 2.45) is 14.1 Å². The van der Waals surface area contributed by atoms with E-state index in [9.17, 15) is 9.59 Å². The lowest BCUT2D eigenvalue weighted by Crippen LogP contribution is -2.38. The van der Waals surface area contributed by atoms with Crippen LogP contribution in [0.2, 0.25) is 0 Å². The van der Waals surface area contributed by atoms with E-state index in [1.54, 1.807) is 24.8 Å². The lowest BCUT2D eigenvalue weighted by Gasteiger charge is -2.20. The van der Waals surface area contributed by atoms with E-state index < -0.39 is 0 Å². The highest BCUT2D eigenvalue weighted by Crippen LogP contribution is 2.13. The molecule has 1 aromatic carbocycles. The first kappa shape index (κ1) is 21.0. The third kappa shape index (κ3) is 5.82. The number of benzene rings is 1. The average Bonchev–Trinajstić information content (AvgIpc) is 2.69. The van der Waals surface area contributed by atoms with E-state index in [1.165, 1.54) is 12.6 Å². The molecule has 0 saturated heterocycles. The van der Waals surface area contributed by atoms with Crippen molar-refractivity contribution >= 4 is 0 Å². The van der Waals surface area contributed by atoms with Crippen LogP contribution in [0.3, 0.4) is 0 Å². The maximum atomic E-state index is 12.0. The maximum Gasteiger partial charge on any atom is 0.330 e. The molecule has 6 heteroatoms. The standard InChI is InChI=1S/C21H31N3O3/c1-5-24(14-6-8-17-10-12-19(27-4)13-11-17)15-7-9-18-16-20(25)23(3)21(26)22(18)2/h10-13,16H,5-9,14-15H2,1-4H3. The quantitative estimate of drug-likeness (QED) is 0.639. The summed E-state index contributed by atoms with van der Waals surface area (Å²) in [4.78, 5) is 26.2. The fraction of sp³-hybridized carbons (Fsp3) is 0.524. The van der Waals surface area contributed by atoms with Gasteiger partial charge in [-0.15, -0.1) is 0 Å².